The van der Waals surface area contributed by atoms with E-state index in [2.05, 4.69) is 22.2 Å². The van der Waals surface area contributed by atoms with Crippen LogP contribution in [-0.2, 0) is 6.54 Å². The summed E-state index contributed by atoms with van der Waals surface area (Å²) in [5.41, 5.74) is 2.69. The molecule has 2 N–H and O–H groups in total. The van der Waals surface area contributed by atoms with E-state index in [1.807, 2.05) is 25.3 Å². The van der Waals surface area contributed by atoms with Crippen LogP contribution in [0.3, 0.4) is 0 Å². The molecule has 4 nitrogen and oxygen atoms in total. The first-order chi connectivity index (χ1) is 8.66. The molecule has 1 unspecified atom stereocenters. The highest BCUT2D eigenvalue weighted by molar-refractivity contribution is 5.27. The Balaban J connectivity index is 2.01. The summed E-state index contributed by atoms with van der Waals surface area (Å²) in [5, 5.41) is 13.0. The van der Waals surface area contributed by atoms with Gasteiger partial charge >= 0.3 is 0 Å². The van der Waals surface area contributed by atoms with Crippen molar-refractivity contribution in [3.63, 3.8) is 0 Å². The summed E-state index contributed by atoms with van der Waals surface area (Å²) in [6.07, 6.45) is 3.59. The zero-order chi connectivity index (χ0) is 13.0. The molecule has 1 atom stereocenters. The molecule has 18 heavy (non-hydrogen) atoms. The van der Waals surface area contributed by atoms with E-state index >= 15 is 0 Å². The fourth-order valence-electron chi connectivity index (χ4n) is 1.73. The van der Waals surface area contributed by atoms with Gasteiger partial charge in [-0.3, -0.25) is 9.97 Å². The van der Waals surface area contributed by atoms with Crippen LogP contribution in [0, 0.1) is 6.92 Å². The van der Waals surface area contributed by atoms with Crippen LogP contribution in [-0.4, -0.2) is 15.1 Å². The maximum Gasteiger partial charge on any atom is 0.138 e. The summed E-state index contributed by atoms with van der Waals surface area (Å²) in [7, 11) is 0. The van der Waals surface area contributed by atoms with Gasteiger partial charge in [0, 0.05) is 30.7 Å². The smallest absolute Gasteiger partial charge is 0.138 e. The van der Waals surface area contributed by atoms with Crippen molar-refractivity contribution in [2.45, 2.75) is 26.4 Å². The molecule has 0 aliphatic heterocycles. The van der Waals surface area contributed by atoms with Gasteiger partial charge in [-0.2, -0.15) is 0 Å². The van der Waals surface area contributed by atoms with E-state index in [1.54, 1.807) is 18.3 Å². The van der Waals surface area contributed by atoms with Crippen LogP contribution < -0.4 is 5.32 Å². The summed E-state index contributed by atoms with van der Waals surface area (Å²) < 4.78 is 0. The summed E-state index contributed by atoms with van der Waals surface area (Å²) in [5.74, 6) is 0.228. The van der Waals surface area contributed by atoms with Crippen LogP contribution in [0.5, 0.6) is 5.75 Å². The van der Waals surface area contributed by atoms with Gasteiger partial charge in [-0.1, -0.05) is 6.07 Å². The molecule has 0 aliphatic rings. The first kappa shape index (κ1) is 12.5. The van der Waals surface area contributed by atoms with Crippen LogP contribution in [0.1, 0.15) is 29.9 Å². The summed E-state index contributed by atoms with van der Waals surface area (Å²) >= 11 is 0. The number of nitrogens with one attached hydrogen (secondary N) is 1. The van der Waals surface area contributed by atoms with Crippen LogP contribution >= 0.6 is 0 Å². The molecule has 4 heteroatoms. The number of aryl methyl sites for hydroxylation is 1. The van der Waals surface area contributed by atoms with Crippen molar-refractivity contribution in [1.29, 1.82) is 0 Å². The van der Waals surface area contributed by atoms with Crippen molar-refractivity contribution < 1.29 is 5.11 Å². The van der Waals surface area contributed by atoms with Crippen molar-refractivity contribution in [2.24, 2.45) is 0 Å². The van der Waals surface area contributed by atoms with Gasteiger partial charge in [0.2, 0.25) is 0 Å². The van der Waals surface area contributed by atoms with E-state index in [0.717, 1.165) is 11.3 Å². The zero-order valence-corrected chi connectivity index (χ0v) is 10.6. The number of nitrogens with zero attached hydrogens (tertiary/aromatic N) is 2. The van der Waals surface area contributed by atoms with Gasteiger partial charge < -0.3 is 10.4 Å². The molecule has 2 aromatic rings. The van der Waals surface area contributed by atoms with Gasteiger partial charge in [-0.15, -0.1) is 0 Å². The highest BCUT2D eigenvalue weighted by Gasteiger charge is 2.07. The van der Waals surface area contributed by atoms with Gasteiger partial charge in [0.1, 0.15) is 5.75 Å². The Morgan fingerprint density at radius 3 is 2.89 bits per heavy atom. The number of pyridine rings is 2. The summed E-state index contributed by atoms with van der Waals surface area (Å²) in [4.78, 5) is 8.40. The predicted molar refractivity (Wildman–Crippen MR) is 70.1 cm³/mol. The molecule has 0 amide bonds. The van der Waals surface area contributed by atoms with Gasteiger partial charge in [-0.25, -0.2) is 0 Å². The third kappa shape index (κ3) is 3.05. The minimum absolute atomic E-state index is 0.167. The largest absolute Gasteiger partial charge is 0.506 e. The van der Waals surface area contributed by atoms with Crippen LogP contribution in [0.2, 0.25) is 0 Å². The average molecular weight is 243 g/mol. The molecular formula is C14H17N3O. The Hall–Kier alpha value is -1.94. The van der Waals surface area contributed by atoms with E-state index in [0.29, 0.717) is 12.2 Å². The van der Waals surface area contributed by atoms with E-state index in [4.69, 9.17) is 0 Å². The topological polar surface area (TPSA) is 58.0 Å². The number of rotatable bonds is 4. The molecular weight excluding hydrogens is 226 g/mol. The molecule has 0 saturated carbocycles. The third-order valence-corrected chi connectivity index (χ3v) is 2.85. The lowest BCUT2D eigenvalue weighted by molar-refractivity contribution is 0.454. The quantitative estimate of drug-likeness (QED) is 0.865. The zero-order valence-electron chi connectivity index (χ0n) is 10.6. The van der Waals surface area contributed by atoms with Gasteiger partial charge in [0.25, 0.3) is 0 Å². The molecule has 0 fully saturated rings. The highest BCUT2D eigenvalue weighted by Crippen LogP contribution is 2.16. The second kappa shape index (κ2) is 5.60. The minimum Gasteiger partial charge on any atom is -0.506 e. The first-order valence-corrected chi connectivity index (χ1v) is 5.95. The lowest BCUT2D eigenvalue weighted by Crippen LogP contribution is -2.19. The molecule has 0 bridgehead atoms. The van der Waals surface area contributed by atoms with E-state index in [9.17, 15) is 5.11 Å². The molecule has 2 rings (SSSR count). The standard InChI is InChI=1S/C14H17N3O/c1-10-5-6-14(18)13(17-10)9-16-11(2)12-4-3-7-15-8-12/h3-8,11,16,18H,9H2,1-2H3. The first-order valence-electron chi connectivity index (χ1n) is 5.95. The Labute approximate surface area is 107 Å². The number of aromatic hydroxyl groups is 1. The molecule has 0 aliphatic carbocycles. The Morgan fingerprint density at radius 1 is 1.33 bits per heavy atom. The fraction of sp³-hybridized carbons (Fsp3) is 0.286. The highest BCUT2D eigenvalue weighted by atomic mass is 16.3. The van der Waals surface area contributed by atoms with Crippen LogP contribution in [0.15, 0.2) is 36.7 Å². The molecule has 0 spiro atoms. The molecule has 2 heterocycles. The monoisotopic (exact) mass is 243 g/mol. The van der Waals surface area contributed by atoms with Crippen molar-refractivity contribution >= 4 is 0 Å². The molecule has 0 radical (unpaired) electrons. The SMILES string of the molecule is Cc1ccc(O)c(CNC(C)c2cccnc2)n1. The maximum atomic E-state index is 9.70. The van der Waals surface area contributed by atoms with Gasteiger partial charge in [0.05, 0.1) is 5.69 Å². The Kier molecular flexibility index (Phi) is 3.89. The lowest BCUT2D eigenvalue weighted by atomic mass is 10.1. The Morgan fingerprint density at radius 2 is 2.17 bits per heavy atom. The normalized spacial score (nSPS) is 12.3. The van der Waals surface area contributed by atoms with Crippen LogP contribution in [0.25, 0.3) is 0 Å². The Bertz CT molecular complexity index is 514. The van der Waals surface area contributed by atoms with Crippen molar-refractivity contribution in [3.05, 3.63) is 53.6 Å². The van der Waals surface area contributed by atoms with E-state index in [-0.39, 0.29) is 11.8 Å². The maximum absolute atomic E-state index is 9.70. The summed E-state index contributed by atoms with van der Waals surface area (Å²) in [6.45, 7) is 4.50. The second-order valence-corrected chi connectivity index (χ2v) is 4.31. The van der Waals surface area contributed by atoms with Crippen molar-refractivity contribution in [3.8, 4) is 5.75 Å². The summed E-state index contributed by atoms with van der Waals surface area (Å²) in [6, 6.07) is 7.57. The molecule has 2 aromatic heterocycles. The predicted octanol–water partition coefficient (Wildman–Crippen LogP) is 2.34. The molecule has 94 valence electrons. The van der Waals surface area contributed by atoms with Crippen LogP contribution in [0.4, 0.5) is 0 Å². The molecule has 0 aromatic carbocycles. The number of hydrogen-bond donors (Lipinski definition) is 2. The fourth-order valence-corrected chi connectivity index (χ4v) is 1.73. The van der Waals surface area contributed by atoms with Gasteiger partial charge in [0.15, 0.2) is 0 Å². The van der Waals surface area contributed by atoms with Crippen molar-refractivity contribution in [1.82, 2.24) is 15.3 Å². The lowest BCUT2D eigenvalue weighted by Gasteiger charge is -2.14. The minimum atomic E-state index is 0.167. The third-order valence-electron chi connectivity index (χ3n) is 2.85. The van der Waals surface area contributed by atoms with Gasteiger partial charge in [-0.05, 0) is 37.6 Å². The van der Waals surface area contributed by atoms with Crippen molar-refractivity contribution in [2.75, 3.05) is 0 Å². The van der Waals surface area contributed by atoms with E-state index in [1.165, 1.54) is 0 Å². The average Bonchev–Trinajstić information content (AvgIpc) is 2.40. The second-order valence-electron chi connectivity index (χ2n) is 4.31. The van der Waals surface area contributed by atoms with E-state index < -0.39 is 0 Å². The number of aromatic nitrogens is 2. The molecule has 0 saturated heterocycles. The number of hydrogen-bond acceptors (Lipinski definition) is 4.